The summed E-state index contributed by atoms with van der Waals surface area (Å²) in [6, 6.07) is 0. The molecule has 1 nitrogen and oxygen atoms in total. The van der Waals surface area contributed by atoms with Crippen molar-refractivity contribution in [3.05, 3.63) is 22.9 Å². The van der Waals surface area contributed by atoms with Gasteiger partial charge in [0.2, 0.25) is 0 Å². The minimum atomic E-state index is -0.0126. The van der Waals surface area contributed by atoms with E-state index in [1.807, 2.05) is 13.0 Å². The van der Waals surface area contributed by atoms with Crippen LogP contribution in [0.25, 0.3) is 0 Å². The Hall–Kier alpha value is -0.140. The van der Waals surface area contributed by atoms with Crippen LogP contribution in [-0.2, 0) is 4.74 Å². The maximum atomic E-state index is 5.95. The number of hydrogen-bond acceptors (Lipinski definition) is 1. The second kappa shape index (κ2) is 3.51. The van der Waals surface area contributed by atoms with Gasteiger partial charge in [-0.25, -0.2) is 0 Å². The number of alkyl halides is 1. The van der Waals surface area contributed by atoms with E-state index < -0.39 is 0 Å². The van der Waals surface area contributed by atoms with Gasteiger partial charge in [0.25, 0.3) is 0 Å². The molecule has 0 aromatic carbocycles. The Morgan fingerprint density at radius 2 is 2.18 bits per heavy atom. The summed E-state index contributed by atoms with van der Waals surface area (Å²) in [5, 5.41) is 0.691. The first-order valence-electron chi connectivity index (χ1n) is 3.42. The zero-order valence-electron chi connectivity index (χ0n) is 6.47. The highest BCUT2D eigenvalue weighted by atomic mass is 35.5. The Kier molecular flexibility index (Phi) is 2.85. The molecule has 1 aliphatic rings. The van der Waals surface area contributed by atoms with E-state index in [0.717, 1.165) is 5.76 Å². The minimum absolute atomic E-state index is 0.0126. The van der Waals surface area contributed by atoms with Crippen molar-refractivity contribution >= 4 is 23.2 Å². The molecular formula is C8H10Cl2O. The van der Waals surface area contributed by atoms with Crippen LogP contribution in [0, 0.1) is 5.92 Å². The van der Waals surface area contributed by atoms with Gasteiger partial charge in [-0.1, -0.05) is 24.6 Å². The molecule has 0 fully saturated rings. The van der Waals surface area contributed by atoms with Crippen LogP contribution in [0.1, 0.15) is 6.92 Å². The average molecular weight is 193 g/mol. The summed E-state index contributed by atoms with van der Waals surface area (Å²) in [7, 11) is 1.60. The molecule has 62 valence electrons. The molecular weight excluding hydrogens is 183 g/mol. The van der Waals surface area contributed by atoms with Gasteiger partial charge in [0.05, 0.1) is 17.5 Å². The summed E-state index contributed by atoms with van der Waals surface area (Å²) >= 11 is 11.9. The zero-order chi connectivity index (χ0) is 8.43. The summed E-state index contributed by atoms with van der Waals surface area (Å²) in [6.45, 7) is 1.97. The molecule has 0 aromatic heterocycles. The number of ether oxygens (including phenoxy) is 1. The molecule has 1 aliphatic carbocycles. The molecule has 0 saturated carbocycles. The van der Waals surface area contributed by atoms with Crippen molar-refractivity contribution in [1.29, 1.82) is 0 Å². The summed E-state index contributed by atoms with van der Waals surface area (Å²) in [5.74, 6) is 0.870. The molecule has 2 atom stereocenters. The van der Waals surface area contributed by atoms with E-state index in [-0.39, 0.29) is 11.3 Å². The molecule has 0 N–H and O–H groups in total. The van der Waals surface area contributed by atoms with Crippen LogP contribution in [0.15, 0.2) is 22.9 Å². The van der Waals surface area contributed by atoms with Crippen molar-refractivity contribution in [1.82, 2.24) is 0 Å². The molecule has 0 aromatic rings. The van der Waals surface area contributed by atoms with E-state index in [1.54, 1.807) is 13.2 Å². The van der Waals surface area contributed by atoms with Crippen LogP contribution >= 0.6 is 23.2 Å². The zero-order valence-corrected chi connectivity index (χ0v) is 7.99. The predicted octanol–water partition coefficient (Wildman–Crippen LogP) is 2.90. The number of allylic oxidation sites excluding steroid dienone is 3. The largest absolute Gasteiger partial charge is 0.496 e. The van der Waals surface area contributed by atoms with E-state index in [2.05, 4.69) is 0 Å². The average Bonchev–Trinajstić information content (AvgIpc) is 2.01. The number of halogens is 2. The first-order valence-corrected chi connectivity index (χ1v) is 4.24. The normalized spacial score (nSPS) is 30.9. The Bertz CT molecular complexity index is 208. The third kappa shape index (κ3) is 1.71. The molecule has 0 amide bonds. The van der Waals surface area contributed by atoms with Gasteiger partial charge < -0.3 is 4.74 Å². The van der Waals surface area contributed by atoms with Crippen molar-refractivity contribution in [2.24, 2.45) is 5.92 Å². The van der Waals surface area contributed by atoms with Gasteiger partial charge in [0.1, 0.15) is 5.76 Å². The van der Waals surface area contributed by atoms with Crippen LogP contribution in [0.4, 0.5) is 0 Å². The Morgan fingerprint density at radius 1 is 1.55 bits per heavy atom. The number of rotatable bonds is 1. The second-order valence-electron chi connectivity index (χ2n) is 2.51. The topological polar surface area (TPSA) is 9.23 Å². The molecule has 3 heteroatoms. The summed E-state index contributed by atoms with van der Waals surface area (Å²) in [4.78, 5) is 0. The maximum Gasteiger partial charge on any atom is 0.133 e. The molecule has 0 spiro atoms. The van der Waals surface area contributed by atoms with E-state index in [4.69, 9.17) is 27.9 Å². The highest BCUT2D eigenvalue weighted by molar-refractivity contribution is 6.32. The maximum absolute atomic E-state index is 5.95. The lowest BCUT2D eigenvalue weighted by atomic mass is 10.0. The number of hydrogen-bond donors (Lipinski definition) is 0. The Balaban J connectivity index is 2.87. The number of methoxy groups -OCH3 is 1. The third-order valence-electron chi connectivity index (χ3n) is 1.76. The molecule has 0 bridgehead atoms. The van der Waals surface area contributed by atoms with Gasteiger partial charge in [0, 0.05) is 5.92 Å². The standard InChI is InChI=1S/C8H10Cl2O/c1-5-6(9)3-4-7(11-2)8(5)10/h3-6H,1-2H3. The molecule has 0 saturated heterocycles. The van der Waals surface area contributed by atoms with E-state index in [0.29, 0.717) is 5.03 Å². The van der Waals surface area contributed by atoms with Gasteiger partial charge in [-0.2, -0.15) is 0 Å². The van der Waals surface area contributed by atoms with E-state index >= 15 is 0 Å². The summed E-state index contributed by atoms with van der Waals surface area (Å²) in [5.41, 5.74) is 0. The Morgan fingerprint density at radius 3 is 2.73 bits per heavy atom. The predicted molar refractivity (Wildman–Crippen MR) is 47.8 cm³/mol. The van der Waals surface area contributed by atoms with Crippen LogP contribution in [0.2, 0.25) is 0 Å². The van der Waals surface area contributed by atoms with Gasteiger partial charge in [-0.05, 0) is 6.08 Å². The van der Waals surface area contributed by atoms with Crippen molar-refractivity contribution in [3.63, 3.8) is 0 Å². The second-order valence-corrected chi connectivity index (χ2v) is 3.42. The van der Waals surface area contributed by atoms with Crippen LogP contribution in [-0.4, -0.2) is 12.5 Å². The SMILES string of the molecule is COC1=C(Cl)C(C)C(Cl)C=C1. The van der Waals surface area contributed by atoms with Crippen LogP contribution in [0.3, 0.4) is 0 Å². The third-order valence-corrected chi connectivity index (χ3v) is 2.82. The fourth-order valence-electron chi connectivity index (χ4n) is 0.955. The first kappa shape index (κ1) is 8.95. The van der Waals surface area contributed by atoms with Gasteiger partial charge in [-0.15, -0.1) is 11.6 Å². The Labute approximate surface area is 76.6 Å². The van der Waals surface area contributed by atoms with Gasteiger partial charge >= 0.3 is 0 Å². The molecule has 0 radical (unpaired) electrons. The van der Waals surface area contributed by atoms with Crippen molar-refractivity contribution in [2.45, 2.75) is 12.3 Å². The fraction of sp³-hybridized carbons (Fsp3) is 0.500. The monoisotopic (exact) mass is 192 g/mol. The van der Waals surface area contributed by atoms with Crippen molar-refractivity contribution in [2.75, 3.05) is 7.11 Å². The van der Waals surface area contributed by atoms with Crippen LogP contribution < -0.4 is 0 Å². The first-order chi connectivity index (χ1) is 5.16. The van der Waals surface area contributed by atoms with Gasteiger partial charge in [0.15, 0.2) is 0 Å². The minimum Gasteiger partial charge on any atom is -0.496 e. The summed E-state index contributed by atoms with van der Waals surface area (Å²) < 4.78 is 5.02. The molecule has 2 unspecified atom stereocenters. The van der Waals surface area contributed by atoms with Gasteiger partial charge in [-0.3, -0.25) is 0 Å². The fourth-order valence-corrected chi connectivity index (χ4v) is 1.49. The van der Waals surface area contributed by atoms with E-state index in [1.165, 1.54) is 0 Å². The molecule has 0 aliphatic heterocycles. The highest BCUT2D eigenvalue weighted by Crippen LogP contribution is 2.31. The highest BCUT2D eigenvalue weighted by Gasteiger charge is 2.21. The molecule has 11 heavy (non-hydrogen) atoms. The van der Waals surface area contributed by atoms with Crippen molar-refractivity contribution < 1.29 is 4.74 Å². The lowest BCUT2D eigenvalue weighted by molar-refractivity contribution is 0.298. The van der Waals surface area contributed by atoms with Crippen LogP contribution in [0.5, 0.6) is 0 Å². The smallest absolute Gasteiger partial charge is 0.133 e. The lowest BCUT2D eigenvalue weighted by Crippen LogP contribution is -2.14. The molecule has 0 heterocycles. The quantitative estimate of drug-likeness (QED) is 0.581. The van der Waals surface area contributed by atoms with E-state index in [9.17, 15) is 0 Å². The van der Waals surface area contributed by atoms with Crippen molar-refractivity contribution in [3.8, 4) is 0 Å². The lowest BCUT2D eigenvalue weighted by Gasteiger charge is -2.20. The molecule has 1 rings (SSSR count). The summed E-state index contributed by atoms with van der Waals surface area (Å²) in [6.07, 6.45) is 3.69.